The minimum Gasteiger partial charge on any atom is -0.398 e. The van der Waals surface area contributed by atoms with Crippen LogP contribution in [0, 0.1) is 5.92 Å². The molecular weight excluding hydrogens is 280 g/mol. The molecular formula is C13H19BrN2O. The Hall–Kier alpha value is -0.580. The Morgan fingerprint density at radius 3 is 2.94 bits per heavy atom. The van der Waals surface area contributed by atoms with Crippen molar-refractivity contribution < 1.29 is 5.11 Å². The van der Waals surface area contributed by atoms with Gasteiger partial charge in [0.15, 0.2) is 0 Å². The van der Waals surface area contributed by atoms with Gasteiger partial charge in [0.2, 0.25) is 0 Å². The fraction of sp³-hybridized carbons (Fsp3) is 0.538. The summed E-state index contributed by atoms with van der Waals surface area (Å²) in [5.41, 5.74) is 7.96. The number of aliphatic hydroxyl groups excluding tert-OH is 1. The van der Waals surface area contributed by atoms with Gasteiger partial charge in [-0.1, -0.05) is 28.9 Å². The summed E-state index contributed by atoms with van der Waals surface area (Å²) in [7, 11) is 0. The Kier molecular flexibility index (Phi) is 4.07. The second-order valence-electron chi connectivity index (χ2n) is 4.83. The number of hydrogen-bond acceptors (Lipinski definition) is 3. The number of hydrogen-bond donors (Lipinski definition) is 2. The summed E-state index contributed by atoms with van der Waals surface area (Å²) in [5, 5.41) is 9.42. The third kappa shape index (κ3) is 2.81. The van der Waals surface area contributed by atoms with Gasteiger partial charge >= 0.3 is 0 Å². The summed E-state index contributed by atoms with van der Waals surface area (Å²) in [4.78, 5) is 2.32. The van der Waals surface area contributed by atoms with Crippen LogP contribution in [0.15, 0.2) is 22.7 Å². The maximum atomic E-state index is 9.42. The smallest absolute Gasteiger partial charge is 0.0589 e. The molecule has 17 heavy (non-hydrogen) atoms. The third-order valence-corrected chi connectivity index (χ3v) is 4.16. The average Bonchev–Trinajstić information content (AvgIpc) is 2.63. The molecule has 1 saturated heterocycles. The van der Waals surface area contributed by atoms with E-state index in [4.69, 9.17) is 5.73 Å². The molecule has 1 aromatic rings. The summed E-state index contributed by atoms with van der Waals surface area (Å²) in [6, 6.07) is 6.27. The number of halogens is 1. The van der Waals surface area contributed by atoms with Crippen LogP contribution >= 0.6 is 15.9 Å². The molecule has 3 nitrogen and oxygen atoms in total. The highest BCUT2D eigenvalue weighted by Crippen LogP contribution is 2.27. The Morgan fingerprint density at radius 1 is 1.53 bits per heavy atom. The van der Waals surface area contributed by atoms with Crippen molar-refractivity contribution in [1.29, 1.82) is 0 Å². The maximum Gasteiger partial charge on any atom is 0.0589 e. The van der Waals surface area contributed by atoms with Gasteiger partial charge in [0, 0.05) is 22.7 Å². The first kappa shape index (κ1) is 12.9. The third-order valence-electron chi connectivity index (χ3n) is 3.67. The lowest BCUT2D eigenvalue weighted by Crippen LogP contribution is -2.34. The van der Waals surface area contributed by atoms with Gasteiger partial charge < -0.3 is 10.8 Å². The first-order valence-corrected chi connectivity index (χ1v) is 6.80. The van der Waals surface area contributed by atoms with E-state index in [1.54, 1.807) is 0 Å². The van der Waals surface area contributed by atoms with Crippen LogP contribution in [-0.4, -0.2) is 29.2 Å². The zero-order chi connectivity index (χ0) is 12.4. The lowest BCUT2D eigenvalue weighted by molar-refractivity contribution is 0.134. The first-order chi connectivity index (χ1) is 8.11. The van der Waals surface area contributed by atoms with Crippen LogP contribution in [-0.2, 0) is 6.54 Å². The van der Waals surface area contributed by atoms with Crippen molar-refractivity contribution in [2.24, 2.45) is 5.92 Å². The molecule has 1 fully saturated rings. The van der Waals surface area contributed by atoms with Crippen LogP contribution in [0.3, 0.4) is 0 Å². The lowest BCUT2D eigenvalue weighted by Gasteiger charge is -2.25. The minimum atomic E-state index is 0.234. The highest BCUT2D eigenvalue weighted by Gasteiger charge is 2.30. The second kappa shape index (κ2) is 5.38. The van der Waals surface area contributed by atoms with E-state index in [1.807, 2.05) is 12.1 Å². The summed E-state index contributed by atoms with van der Waals surface area (Å²) < 4.78 is 1.01. The predicted octanol–water partition coefficient (Wildman–Crippen LogP) is 2.23. The van der Waals surface area contributed by atoms with Gasteiger partial charge in [-0.2, -0.15) is 0 Å². The van der Waals surface area contributed by atoms with Gasteiger partial charge in [0.05, 0.1) is 6.61 Å². The monoisotopic (exact) mass is 298 g/mol. The van der Waals surface area contributed by atoms with Crippen molar-refractivity contribution in [3.05, 3.63) is 28.2 Å². The summed E-state index contributed by atoms with van der Waals surface area (Å²) in [6.45, 7) is 4.31. The number of benzene rings is 1. The topological polar surface area (TPSA) is 49.5 Å². The van der Waals surface area contributed by atoms with Crippen molar-refractivity contribution >= 4 is 21.6 Å². The molecule has 1 aliphatic heterocycles. The van der Waals surface area contributed by atoms with E-state index in [2.05, 4.69) is 33.8 Å². The first-order valence-electron chi connectivity index (χ1n) is 6.00. The molecule has 1 heterocycles. The molecule has 0 spiro atoms. The van der Waals surface area contributed by atoms with E-state index in [0.29, 0.717) is 5.92 Å². The van der Waals surface area contributed by atoms with E-state index >= 15 is 0 Å². The Bertz CT molecular complexity index is 397. The van der Waals surface area contributed by atoms with Crippen LogP contribution in [0.2, 0.25) is 0 Å². The van der Waals surface area contributed by atoms with E-state index in [9.17, 15) is 5.11 Å². The SMILES string of the molecule is CC1CCN(Cc2ccc(Br)cc2N)C1CO. The molecule has 2 unspecified atom stereocenters. The van der Waals surface area contributed by atoms with E-state index < -0.39 is 0 Å². The van der Waals surface area contributed by atoms with Crippen molar-refractivity contribution in [2.75, 3.05) is 18.9 Å². The fourth-order valence-corrected chi connectivity index (χ4v) is 2.89. The number of anilines is 1. The number of nitrogens with zero attached hydrogens (tertiary/aromatic N) is 1. The highest BCUT2D eigenvalue weighted by molar-refractivity contribution is 9.10. The van der Waals surface area contributed by atoms with Gasteiger partial charge in [-0.05, 0) is 36.6 Å². The number of aliphatic hydroxyl groups is 1. The van der Waals surface area contributed by atoms with Crippen molar-refractivity contribution in [2.45, 2.75) is 25.9 Å². The van der Waals surface area contributed by atoms with Crippen LogP contribution in [0.25, 0.3) is 0 Å². The second-order valence-corrected chi connectivity index (χ2v) is 5.75. The molecule has 1 aromatic carbocycles. The molecule has 0 bridgehead atoms. The Labute approximate surface area is 111 Å². The molecule has 0 radical (unpaired) electrons. The number of likely N-dealkylation sites (tertiary alicyclic amines) is 1. The van der Waals surface area contributed by atoms with E-state index in [0.717, 1.165) is 35.2 Å². The van der Waals surface area contributed by atoms with Crippen LogP contribution in [0.1, 0.15) is 18.9 Å². The fourth-order valence-electron chi connectivity index (χ4n) is 2.51. The summed E-state index contributed by atoms with van der Waals surface area (Å²) in [6.07, 6.45) is 1.15. The van der Waals surface area contributed by atoms with Crippen molar-refractivity contribution in [1.82, 2.24) is 4.90 Å². The Balaban J connectivity index is 2.10. The van der Waals surface area contributed by atoms with Gasteiger partial charge in [-0.3, -0.25) is 4.90 Å². The molecule has 4 heteroatoms. The number of nitrogens with two attached hydrogens (primary N) is 1. The van der Waals surface area contributed by atoms with Gasteiger partial charge in [-0.15, -0.1) is 0 Å². The molecule has 0 amide bonds. The summed E-state index contributed by atoms with van der Waals surface area (Å²) >= 11 is 3.41. The Morgan fingerprint density at radius 2 is 2.29 bits per heavy atom. The van der Waals surface area contributed by atoms with E-state index in [-0.39, 0.29) is 12.6 Å². The van der Waals surface area contributed by atoms with Crippen LogP contribution in [0.5, 0.6) is 0 Å². The van der Waals surface area contributed by atoms with Crippen LogP contribution in [0.4, 0.5) is 5.69 Å². The molecule has 0 aromatic heterocycles. The minimum absolute atomic E-state index is 0.234. The molecule has 1 aliphatic rings. The predicted molar refractivity (Wildman–Crippen MR) is 73.6 cm³/mol. The van der Waals surface area contributed by atoms with Crippen molar-refractivity contribution in [3.8, 4) is 0 Å². The van der Waals surface area contributed by atoms with Gasteiger partial charge in [0.1, 0.15) is 0 Å². The molecule has 2 rings (SSSR count). The number of nitrogen functional groups attached to an aromatic ring is 1. The van der Waals surface area contributed by atoms with E-state index in [1.165, 1.54) is 0 Å². The molecule has 0 aliphatic carbocycles. The van der Waals surface area contributed by atoms with Crippen LogP contribution < -0.4 is 5.73 Å². The zero-order valence-corrected chi connectivity index (χ0v) is 11.7. The normalized spacial score (nSPS) is 25.4. The van der Waals surface area contributed by atoms with Gasteiger partial charge in [-0.25, -0.2) is 0 Å². The number of rotatable bonds is 3. The highest BCUT2D eigenvalue weighted by atomic mass is 79.9. The standard InChI is InChI=1S/C13H19BrN2O/c1-9-4-5-16(13(9)8-17)7-10-2-3-11(14)6-12(10)15/h2-3,6,9,13,17H,4-5,7-8,15H2,1H3. The molecule has 3 N–H and O–H groups in total. The molecule has 2 atom stereocenters. The zero-order valence-electron chi connectivity index (χ0n) is 10.1. The van der Waals surface area contributed by atoms with Gasteiger partial charge in [0.25, 0.3) is 0 Å². The average molecular weight is 299 g/mol. The van der Waals surface area contributed by atoms with Crippen molar-refractivity contribution in [3.63, 3.8) is 0 Å². The lowest BCUT2D eigenvalue weighted by atomic mass is 10.0. The largest absolute Gasteiger partial charge is 0.398 e. The quantitative estimate of drug-likeness (QED) is 0.842. The summed E-state index contributed by atoms with van der Waals surface area (Å²) in [5.74, 6) is 0.566. The maximum absolute atomic E-state index is 9.42. The molecule has 0 saturated carbocycles. The molecule has 94 valence electrons.